The monoisotopic (exact) mass is 323 g/mol. The summed E-state index contributed by atoms with van der Waals surface area (Å²) in [6, 6.07) is 2.99. The number of nitrogens with one attached hydrogen (secondary N) is 1. The molecule has 1 amide bonds. The van der Waals surface area contributed by atoms with Gasteiger partial charge in [0.2, 0.25) is 0 Å². The molecule has 8 heteroatoms. The van der Waals surface area contributed by atoms with Gasteiger partial charge in [-0.15, -0.1) is 11.3 Å². The highest BCUT2D eigenvalue weighted by molar-refractivity contribution is 7.14. The Kier molecular flexibility index (Phi) is 4.51. The normalized spacial score (nSPS) is 10.8. The summed E-state index contributed by atoms with van der Waals surface area (Å²) in [6.45, 7) is 5.61. The van der Waals surface area contributed by atoms with Crippen molar-refractivity contribution in [3.8, 4) is 0 Å². The van der Waals surface area contributed by atoms with Crippen LogP contribution in [-0.2, 0) is 0 Å². The lowest BCUT2D eigenvalue weighted by atomic mass is 10.2. The lowest BCUT2D eigenvalue weighted by Gasteiger charge is -2.05. The van der Waals surface area contributed by atoms with E-state index in [-0.39, 0.29) is 17.3 Å². The number of rotatable bonds is 4. The summed E-state index contributed by atoms with van der Waals surface area (Å²) in [5.41, 5.74) is 0.0377. The van der Waals surface area contributed by atoms with Crippen molar-refractivity contribution in [2.45, 2.75) is 26.7 Å². The zero-order valence-electron chi connectivity index (χ0n) is 12.2. The minimum absolute atomic E-state index is 0.180. The van der Waals surface area contributed by atoms with Crippen LogP contribution in [0.5, 0.6) is 0 Å². The minimum atomic E-state index is -0.731. The van der Waals surface area contributed by atoms with Crippen LogP contribution in [0.2, 0.25) is 0 Å². The number of benzene rings is 1. The smallest absolute Gasteiger partial charge is 0.271 e. The number of hydrogen-bond donors (Lipinski definition) is 1. The molecule has 1 N–H and O–H groups in total. The van der Waals surface area contributed by atoms with Crippen LogP contribution in [0.4, 0.5) is 15.8 Å². The van der Waals surface area contributed by atoms with Gasteiger partial charge < -0.3 is 5.32 Å². The molecule has 116 valence electrons. The number of aromatic nitrogens is 1. The second kappa shape index (κ2) is 6.18. The van der Waals surface area contributed by atoms with E-state index in [1.165, 1.54) is 11.3 Å². The molecule has 0 unspecified atom stereocenters. The summed E-state index contributed by atoms with van der Waals surface area (Å²) >= 11 is 1.23. The molecule has 6 nitrogen and oxygen atoms in total. The van der Waals surface area contributed by atoms with Gasteiger partial charge in [0.05, 0.1) is 21.3 Å². The van der Waals surface area contributed by atoms with Gasteiger partial charge in [-0.3, -0.25) is 14.9 Å². The Morgan fingerprint density at radius 2 is 2.14 bits per heavy atom. The van der Waals surface area contributed by atoms with Crippen LogP contribution in [0, 0.1) is 22.9 Å². The Balaban J connectivity index is 2.29. The largest absolute Gasteiger partial charge is 0.318 e. The van der Waals surface area contributed by atoms with Crippen LogP contribution in [0.15, 0.2) is 18.2 Å². The van der Waals surface area contributed by atoms with Crippen molar-refractivity contribution in [1.82, 2.24) is 4.98 Å². The molecule has 0 aliphatic rings. The molecule has 0 saturated carbocycles. The van der Waals surface area contributed by atoms with Gasteiger partial charge in [0, 0.05) is 18.1 Å². The van der Waals surface area contributed by atoms with E-state index in [2.05, 4.69) is 10.3 Å². The van der Waals surface area contributed by atoms with Gasteiger partial charge in [-0.25, -0.2) is 9.37 Å². The summed E-state index contributed by atoms with van der Waals surface area (Å²) in [5, 5.41) is 13.9. The quantitative estimate of drug-likeness (QED) is 0.683. The predicted octanol–water partition coefficient (Wildman–Crippen LogP) is 3.87. The first kappa shape index (κ1) is 16.0. The fourth-order valence-electron chi connectivity index (χ4n) is 1.78. The van der Waals surface area contributed by atoms with Crippen molar-refractivity contribution < 1.29 is 14.1 Å². The molecule has 0 radical (unpaired) electrons. The first-order valence-electron chi connectivity index (χ1n) is 6.52. The fourth-order valence-corrected chi connectivity index (χ4v) is 2.74. The number of non-ortho nitro benzene ring substituents is 1. The average Bonchev–Trinajstić information content (AvgIpc) is 2.83. The summed E-state index contributed by atoms with van der Waals surface area (Å²) in [4.78, 5) is 27.0. The van der Waals surface area contributed by atoms with Gasteiger partial charge in [-0.1, -0.05) is 13.8 Å². The molecule has 22 heavy (non-hydrogen) atoms. The molecule has 2 rings (SSSR count). The Labute approximate surface area is 130 Å². The molecule has 0 atom stereocenters. The van der Waals surface area contributed by atoms with Crippen molar-refractivity contribution in [3.05, 3.63) is 49.7 Å². The van der Waals surface area contributed by atoms with Gasteiger partial charge in [-0.2, -0.15) is 0 Å². The molecule has 2 aromatic rings. The molecule has 0 aliphatic heterocycles. The van der Waals surface area contributed by atoms with E-state index in [1.54, 1.807) is 6.92 Å². The Hall–Kier alpha value is -2.35. The molecular weight excluding hydrogens is 309 g/mol. The molecule has 0 fully saturated rings. The van der Waals surface area contributed by atoms with Crippen molar-refractivity contribution >= 4 is 28.6 Å². The van der Waals surface area contributed by atoms with E-state index >= 15 is 0 Å². The van der Waals surface area contributed by atoms with Crippen molar-refractivity contribution in [1.29, 1.82) is 0 Å². The molecule has 1 heterocycles. The molecule has 0 aliphatic carbocycles. The maximum Gasteiger partial charge on any atom is 0.271 e. The standard InChI is InChI=1S/C14H14FN3O3S/c1-7(2)14-16-8(3)12(22-14)13(19)17-11-6-9(18(20)21)4-5-10(11)15/h4-7H,1-3H3,(H,17,19). The van der Waals surface area contributed by atoms with E-state index in [1.807, 2.05) is 13.8 Å². The number of nitrogens with zero attached hydrogens (tertiary/aromatic N) is 2. The predicted molar refractivity (Wildman–Crippen MR) is 81.9 cm³/mol. The summed E-state index contributed by atoms with van der Waals surface area (Å²) < 4.78 is 13.7. The zero-order valence-corrected chi connectivity index (χ0v) is 13.0. The minimum Gasteiger partial charge on any atom is -0.318 e. The summed E-state index contributed by atoms with van der Waals surface area (Å²) in [7, 11) is 0. The molecule has 1 aromatic heterocycles. The number of aryl methyl sites for hydroxylation is 1. The van der Waals surface area contributed by atoms with Crippen LogP contribution in [0.1, 0.15) is 40.1 Å². The number of thiazole rings is 1. The SMILES string of the molecule is Cc1nc(C(C)C)sc1C(=O)Nc1cc([N+](=O)[O-])ccc1F. The van der Waals surface area contributed by atoms with Crippen LogP contribution in [0.25, 0.3) is 0 Å². The fraction of sp³-hybridized carbons (Fsp3) is 0.286. The number of amides is 1. The van der Waals surface area contributed by atoms with Gasteiger partial charge in [0.1, 0.15) is 10.7 Å². The van der Waals surface area contributed by atoms with Crippen molar-refractivity contribution in [2.75, 3.05) is 5.32 Å². The van der Waals surface area contributed by atoms with Crippen LogP contribution in [0.3, 0.4) is 0 Å². The van der Waals surface area contributed by atoms with Crippen LogP contribution >= 0.6 is 11.3 Å². The third-order valence-electron chi connectivity index (χ3n) is 2.92. The van der Waals surface area contributed by atoms with Crippen molar-refractivity contribution in [3.63, 3.8) is 0 Å². The first-order valence-corrected chi connectivity index (χ1v) is 7.34. The maximum atomic E-state index is 13.7. The average molecular weight is 323 g/mol. The third-order valence-corrected chi connectivity index (χ3v) is 4.38. The molecule has 0 spiro atoms. The second-order valence-corrected chi connectivity index (χ2v) is 6.03. The highest BCUT2D eigenvalue weighted by atomic mass is 32.1. The zero-order chi connectivity index (χ0) is 16.4. The van der Waals surface area contributed by atoms with Crippen molar-refractivity contribution in [2.24, 2.45) is 0 Å². The highest BCUT2D eigenvalue weighted by Gasteiger charge is 2.19. The molecular formula is C14H14FN3O3S. The number of carbonyl (C=O) groups excluding carboxylic acids is 1. The van der Waals surface area contributed by atoms with E-state index in [0.717, 1.165) is 23.2 Å². The number of nitro groups is 1. The summed E-state index contributed by atoms with van der Waals surface area (Å²) in [5.74, 6) is -1.08. The van der Waals surface area contributed by atoms with Crippen LogP contribution in [-0.4, -0.2) is 15.8 Å². The Morgan fingerprint density at radius 1 is 1.45 bits per heavy atom. The first-order chi connectivity index (χ1) is 10.3. The van der Waals surface area contributed by atoms with Crippen LogP contribution < -0.4 is 5.32 Å². The van der Waals surface area contributed by atoms with E-state index < -0.39 is 16.6 Å². The Morgan fingerprint density at radius 3 is 2.68 bits per heavy atom. The number of hydrogen-bond acceptors (Lipinski definition) is 5. The number of nitro benzene ring substituents is 1. The highest BCUT2D eigenvalue weighted by Crippen LogP contribution is 2.27. The topological polar surface area (TPSA) is 85.1 Å². The van der Waals surface area contributed by atoms with Gasteiger partial charge in [0.25, 0.3) is 11.6 Å². The second-order valence-electron chi connectivity index (χ2n) is 5.00. The lowest BCUT2D eigenvalue weighted by Crippen LogP contribution is -2.13. The van der Waals surface area contributed by atoms with E-state index in [0.29, 0.717) is 10.6 Å². The van der Waals surface area contributed by atoms with Gasteiger partial charge >= 0.3 is 0 Å². The Bertz CT molecular complexity index is 743. The summed E-state index contributed by atoms with van der Waals surface area (Å²) in [6.07, 6.45) is 0. The number of anilines is 1. The van der Waals surface area contributed by atoms with E-state index in [9.17, 15) is 19.3 Å². The third kappa shape index (κ3) is 3.28. The van der Waals surface area contributed by atoms with E-state index in [4.69, 9.17) is 0 Å². The number of carbonyl (C=O) groups is 1. The lowest BCUT2D eigenvalue weighted by molar-refractivity contribution is -0.384. The molecule has 1 aromatic carbocycles. The van der Waals surface area contributed by atoms with Gasteiger partial charge in [-0.05, 0) is 13.0 Å². The number of halogens is 1. The molecule has 0 bridgehead atoms. The maximum absolute atomic E-state index is 13.7. The molecule has 0 saturated heterocycles. The van der Waals surface area contributed by atoms with Gasteiger partial charge in [0.15, 0.2) is 0 Å².